The van der Waals surface area contributed by atoms with Gasteiger partial charge in [0.25, 0.3) is 5.91 Å². The van der Waals surface area contributed by atoms with Gasteiger partial charge in [-0.25, -0.2) is 0 Å². The van der Waals surface area contributed by atoms with Crippen molar-refractivity contribution in [3.8, 4) is 5.75 Å². The van der Waals surface area contributed by atoms with Crippen LogP contribution in [0.5, 0.6) is 5.75 Å². The molecule has 5 heteroatoms. The van der Waals surface area contributed by atoms with Gasteiger partial charge in [0.15, 0.2) is 0 Å². The Bertz CT molecular complexity index is 380. The van der Waals surface area contributed by atoms with E-state index in [1.807, 2.05) is 0 Å². The van der Waals surface area contributed by atoms with Crippen molar-refractivity contribution in [3.63, 3.8) is 0 Å². The molecule has 0 heterocycles. The van der Waals surface area contributed by atoms with Crippen molar-refractivity contribution in [2.75, 3.05) is 33.1 Å². The number of nitrogens with one attached hydrogen (secondary N) is 1. The van der Waals surface area contributed by atoms with E-state index in [-0.39, 0.29) is 5.91 Å². The van der Waals surface area contributed by atoms with Crippen LogP contribution in [0, 0.1) is 0 Å². The SMILES string of the molecule is CNC(=O)c1ccc(N)c(OCCCOC)c1. The minimum absolute atomic E-state index is 0.160. The number of carbonyl (C=O) groups excluding carboxylic acids is 1. The van der Waals surface area contributed by atoms with E-state index < -0.39 is 0 Å². The molecule has 17 heavy (non-hydrogen) atoms. The molecule has 0 atom stereocenters. The summed E-state index contributed by atoms with van der Waals surface area (Å²) >= 11 is 0. The van der Waals surface area contributed by atoms with Gasteiger partial charge in [-0.15, -0.1) is 0 Å². The molecule has 0 unspecified atom stereocenters. The third-order valence-electron chi connectivity index (χ3n) is 2.25. The van der Waals surface area contributed by atoms with Crippen molar-refractivity contribution in [1.29, 1.82) is 0 Å². The summed E-state index contributed by atoms with van der Waals surface area (Å²) in [6, 6.07) is 4.97. The highest BCUT2D eigenvalue weighted by Gasteiger charge is 2.07. The quantitative estimate of drug-likeness (QED) is 0.573. The molecule has 0 aromatic heterocycles. The first-order valence-electron chi connectivity index (χ1n) is 5.42. The van der Waals surface area contributed by atoms with E-state index in [4.69, 9.17) is 15.2 Å². The molecule has 0 spiro atoms. The van der Waals surface area contributed by atoms with E-state index in [0.717, 1.165) is 6.42 Å². The standard InChI is InChI=1S/C12H18N2O3/c1-14-12(15)9-4-5-10(13)11(8-9)17-7-3-6-16-2/h4-5,8H,3,6-7,13H2,1-2H3,(H,14,15). The van der Waals surface area contributed by atoms with Crippen LogP contribution in [0.3, 0.4) is 0 Å². The van der Waals surface area contributed by atoms with Crippen LogP contribution in [0.25, 0.3) is 0 Å². The Morgan fingerprint density at radius 3 is 2.82 bits per heavy atom. The van der Waals surface area contributed by atoms with Gasteiger partial charge in [0.2, 0.25) is 0 Å². The molecular weight excluding hydrogens is 220 g/mol. The zero-order valence-corrected chi connectivity index (χ0v) is 10.2. The number of hydrogen-bond donors (Lipinski definition) is 2. The topological polar surface area (TPSA) is 73.6 Å². The molecule has 0 bridgehead atoms. The van der Waals surface area contributed by atoms with Gasteiger partial charge in [-0.05, 0) is 18.2 Å². The van der Waals surface area contributed by atoms with Crippen molar-refractivity contribution in [3.05, 3.63) is 23.8 Å². The van der Waals surface area contributed by atoms with E-state index in [0.29, 0.717) is 30.2 Å². The number of carbonyl (C=O) groups is 1. The van der Waals surface area contributed by atoms with Crippen LogP contribution < -0.4 is 15.8 Å². The number of benzene rings is 1. The first-order valence-corrected chi connectivity index (χ1v) is 5.42. The molecule has 94 valence electrons. The predicted octanol–water partition coefficient (Wildman–Crippen LogP) is 1.04. The highest BCUT2D eigenvalue weighted by molar-refractivity contribution is 5.95. The third-order valence-corrected chi connectivity index (χ3v) is 2.25. The summed E-state index contributed by atoms with van der Waals surface area (Å²) in [7, 11) is 3.22. The van der Waals surface area contributed by atoms with Crippen LogP contribution in [-0.4, -0.2) is 33.3 Å². The second-order valence-electron chi connectivity index (χ2n) is 3.53. The number of nitrogens with two attached hydrogens (primary N) is 1. The molecule has 3 N–H and O–H groups in total. The van der Waals surface area contributed by atoms with Gasteiger partial charge in [0, 0.05) is 32.7 Å². The lowest BCUT2D eigenvalue weighted by molar-refractivity contribution is 0.0962. The maximum atomic E-state index is 11.4. The van der Waals surface area contributed by atoms with Crippen LogP contribution >= 0.6 is 0 Å². The maximum absolute atomic E-state index is 11.4. The molecule has 0 saturated carbocycles. The number of hydrogen-bond acceptors (Lipinski definition) is 4. The van der Waals surface area contributed by atoms with Crippen LogP contribution in [-0.2, 0) is 4.74 Å². The zero-order chi connectivity index (χ0) is 12.7. The Kier molecular flexibility index (Phi) is 5.29. The summed E-state index contributed by atoms with van der Waals surface area (Å²) in [5, 5.41) is 2.55. The first-order chi connectivity index (χ1) is 8.19. The number of amides is 1. The third kappa shape index (κ3) is 3.96. The molecule has 0 aliphatic heterocycles. The van der Waals surface area contributed by atoms with Gasteiger partial charge in [-0.3, -0.25) is 4.79 Å². The Labute approximate surface area is 101 Å². The molecule has 1 rings (SSSR count). The summed E-state index contributed by atoms with van der Waals surface area (Å²) < 4.78 is 10.4. The van der Waals surface area contributed by atoms with Gasteiger partial charge in [-0.1, -0.05) is 0 Å². The summed E-state index contributed by atoms with van der Waals surface area (Å²) in [6.07, 6.45) is 0.778. The summed E-state index contributed by atoms with van der Waals surface area (Å²) in [5.74, 6) is 0.369. The number of methoxy groups -OCH3 is 1. The minimum Gasteiger partial charge on any atom is -0.491 e. The lowest BCUT2D eigenvalue weighted by Gasteiger charge is -2.10. The van der Waals surface area contributed by atoms with Gasteiger partial charge in [0.1, 0.15) is 5.75 Å². The summed E-state index contributed by atoms with van der Waals surface area (Å²) in [5.41, 5.74) is 6.81. The molecule has 0 aliphatic carbocycles. The monoisotopic (exact) mass is 238 g/mol. The fourth-order valence-corrected chi connectivity index (χ4v) is 1.33. The van der Waals surface area contributed by atoms with Crippen LogP contribution in [0.2, 0.25) is 0 Å². The van der Waals surface area contributed by atoms with Gasteiger partial charge >= 0.3 is 0 Å². The van der Waals surface area contributed by atoms with E-state index in [1.54, 1.807) is 32.4 Å². The smallest absolute Gasteiger partial charge is 0.251 e. The Balaban J connectivity index is 2.66. The molecule has 1 aromatic rings. The molecule has 1 aromatic carbocycles. The fourth-order valence-electron chi connectivity index (χ4n) is 1.33. The number of nitrogen functional groups attached to an aromatic ring is 1. The minimum atomic E-state index is -0.160. The maximum Gasteiger partial charge on any atom is 0.251 e. The largest absolute Gasteiger partial charge is 0.491 e. The molecule has 0 radical (unpaired) electrons. The molecule has 0 saturated heterocycles. The average Bonchev–Trinajstić information content (AvgIpc) is 2.35. The van der Waals surface area contributed by atoms with E-state index >= 15 is 0 Å². The summed E-state index contributed by atoms with van der Waals surface area (Å²) in [6.45, 7) is 1.14. The van der Waals surface area contributed by atoms with Crippen molar-refractivity contribution >= 4 is 11.6 Å². The van der Waals surface area contributed by atoms with Crippen molar-refractivity contribution in [2.24, 2.45) is 0 Å². The normalized spacial score (nSPS) is 10.0. The van der Waals surface area contributed by atoms with Crippen LogP contribution in [0.15, 0.2) is 18.2 Å². The fraction of sp³-hybridized carbons (Fsp3) is 0.417. The van der Waals surface area contributed by atoms with Gasteiger partial charge < -0.3 is 20.5 Å². The van der Waals surface area contributed by atoms with Gasteiger partial charge in [-0.2, -0.15) is 0 Å². The molecule has 0 aliphatic rings. The average molecular weight is 238 g/mol. The molecule has 5 nitrogen and oxygen atoms in total. The highest BCUT2D eigenvalue weighted by Crippen LogP contribution is 2.22. The Morgan fingerprint density at radius 2 is 2.18 bits per heavy atom. The Morgan fingerprint density at radius 1 is 1.41 bits per heavy atom. The molecule has 0 fully saturated rings. The van der Waals surface area contributed by atoms with E-state index in [9.17, 15) is 4.79 Å². The van der Waals surface area contributed by atoms with Crippen molar-refractivity contribution < 1.29 is 14.3 Å². The second-order valence-corrected chi connectivity index (χ2v) is 3.53. The number of rotatable bonds is 6. The van der Waals surface area contributed by atoms with Crippen LogP contribution in [0.4, 0.5) is 5.69 Å². The van der Waals surface area contributed by atoms with Gasteiger partial charge in [0.05, 0.1) is 12.3 Å². The van der Waals surface area contributed by atoms with E-state index in [1.165, 1.54) is 0 Å². The molecule has 1 amide bonds. The second kappa shape index (κ2) is 6.75. The van der Waals surface area contributed by atoms with Crippen LogP contribution in [0.1, 0.15) is 16.8 Å². The number of anilines is 1. The number of ether oxygens (including phenoxy) is 2. The lowest BCUT2D eigenvalue weighted by Crippen LogP contribution is -2.18. The van der Waals surface area contributed by atoms with E-state index in [2.05, 4.69) is 5.32 Å². The first kappa shape index (κ1) is 13.3. The Hall–Kier alpha value is -1.75. The predicted molar refractivity (Wildman–Crippen MR) is 66.2 cm³/mol. The van der Waals surface area contributed by atoms with Crippen molar-refractivity contribution in [2.45, 2.75) is 6.42 Å². The molecular formula is C12H18N2O3. The van der Waals surface area contributed by atoms with Crippen molar-refractivity contribution in [1.82, 2.24) is 5.32 Å². The lowest BCUT2D eigenvalue weighted by atomic mass is 10.2. The highest BCUT2D eigenvalue weighted by atomic mass is 16.5. The zero-order valence-electron chi connectivity index (χ0n) is 10.2. The summed E-state index contributed by atoms with van der Waals surface area (Å²) in [4.78, 5) is 11.4.